The first-order valence-electron chi connectivity index (χ1n) is 5.14. The fourth-order valence-corrected chi connectivity index (χ4v) is 2.75. The van der Waals surface area contributed by atoms with Crippen LogP contribution in [0, 0.1) is 0 Å². The molecule has 0 saturated heterocycles. The number of halogens is 1. The zero-order valence-electron chi connectivity index (χ0n) is 8.81. The zero-order valence-corrected chi connectivity index (χ0v) is 9.57. The lowest BCUT2D eigenvalue weighted by Crippen LogP contribution is -2.13. The molecule has 3 rings (SSSR count). The summed E-state index contributed by atoms with van der Waals surface area (Å²) in [6.07, 6.45) is 1.68. The predicted molar refractivity (Wildman–Crippen MR) is 65.3 cm³/mol. The van der Waals surface area contributed by atoms with Crippen LogP contribution in [-0.4, -0.2) is 23.7 Å². The summed E-state index contributed by atoms with van der Waals surface area (Å²) in [7, 11) is 1.98. The molecule has 82 valence electrons. The Balaban J connectivity index is 2.44. The van der Waals surface area contributed by atoms with E-state index in [1.807, 2.05) is 19.2 Å². The summed E-state index contributed by atoms with van der Waals surface area (Å²) in [5, 5.41) is 10.8. The molecule has 0 aliphatic carbocycles. The van der Waals surface area contributed by atoms with E-state index >= 15 is 0 Å². The highest BCUT2D eigenvalue weighted by Gasteiger charge is 2.28. The number of anilines is 1. The van der Waals surface area contributed by atoms with Crippen molar-refractivity contribution in [3.05, 3.63) is 30.0 Å². The van der Waals surface area contributed by atoms with Crippen LogP contribution >= 0.6 is 11.6 Å². The first kappa shape index (κ1) is 9.73. The summed E-state index contributed by atoms with van der Waals surface area (Å²) in [5.74, 6) is 0.215. The molecule has 1 aliphatic heterocycles. The lowest BCUT2D eigenvalue weighted by atomic mass is 10.0. The molecule has 1 aromatic heterocycles. The number of likely N-dealkylation sites (N-methyl/N-ethyl adjacent to an activating group) is 1. The van der Waals surface area contributed by atoms with Gasteiger partial charge in [-0.2, -0.15) is 0 Å². The van der Waals surface area contributed by atoms with Gasteiger partial charge < -0.3 is 10.0 Å². The van der Waals surface area contributed by atoms with Crippen LogP contribution in [0.25, 0.3) is 10.9 Å². The molecular weight excluding hydrogens is 224 g/mol. The Hall–Kier alpha value is -1.48. The molecule has 16 heavy (non-hydrogen) atoms. The summed E-state index contributed by atoms with van der Waals surface area (Å²) in [6, 6.07) is 5.56. The van der Waals surface area contributed by atoms with Gasteiger partial charge in [-0.25, -0.2) is 0 Å². The van der Waals surface area contributed by atoms with Crippen molar-refractivity contribution in [1.29, 1.82) is 0 Å². The molecule has 0 bridgehead atoms. The Morgan fingerprint density at radius 1 is 1.56 bits per heavy atom. The highest BCUT2D eigenvalue weighted by Crippen LogP contribution is 2.44. The molecule has 1 unspecified atom stereocenters. The molecule has 2 heterocycles. The lowest BCUT2D eigenvalue weighted by molar-refractivity contribution is 0.480. The van der Waals surface area contributed by atoms with Crippen LogP contribution in [0.3, 0.4) is 0 Å². The number of hydrogen-bond donors (Lipinski definition) is 1. The van der Waals surface area contributed by atoms with Crippen LogP contribution in [0.4, 0.5) is 5.69 Å². The second kappa shape index (κ2) is 3.25. The summed E-state index contributed by atoms with van der Waals surface area (Å²) in [5.41, 5.74) is 2.70. The average molecular weight is 235 g/mol. The van der Waals surface area contributed by atoms with Crippen molar-refractivity contribution in [3.8, 4) is 5.75 Å². The Morgan fingerprint density at radius 2 is 2.38 bits per heavy atom. The number of fused-ring (bicyclic) bond motifs is 3. The maximum Gasteiger partial charge on any atom is 0.143 e. The number of alkyl halides is 1. The zero-order chi connectivity index (χ0) is 11.3. The first-order chi connectivity index (χ1) is 7.68. The van der Waals surface area contributed by atoms with Gasteiger partial charge in [-0.05, 0) is 6.07 Å². The van der Waals surface area contributed by atoms with E-state index in [0.717, 1.165) is 23.2 Å². The minimum absolute atomic E-state index is 0.0349. The Morgan fingerprint density at radius 3 is 3.19 bits per heavy atom. The molecule has 1 N–H and O–H groups in total. The van der Waals surface area contributed by atoms with Crippen LogP contribution in [-0.2, 0) is 0 Å². The lowest BCUT2D eigenvalue weighted by Gasteiger charge is -2.12. The number of hydrogen-bond acceptors (Lipinski definition) is 3. The van der Waals surface area contributed by atoms with Gasteiger partial charge >= 0.3 is 0 Å². The van der Waals surface area contributed by atoms with E-state index in [-0.39, 0.29) is 11.1 Å². The van der Waals surface area contributed by atoms with Crippen LogP contribution in [0.2, 0.25) is 0 Å². The summed E-state index contributed by atoms with van der Waals surface area (Å²) in [4.78, 5) is 6.25. The van der Waals surface area contributed by atoms with Crippen LogP contribution in [0.15, 0.2) is 24.4 Å². The normalized spacial score (nSPS) is 19.1. The maximum absolute atomic E-state index is 9.91. The number of phenolic OH excluding ortho intramolecular Hbond substituents is 1. The van der Waals surface area contributed by atoms with E-state index in [9.17, 15) is 5.11 Å². The van der Waals surface area contributed by atoms with Crippen molar-refractivity contribution in [3.63, 3.8) is 0 Å². The first-order valence-corrected chi connectivity index (χ1v) is 5.58. The SMILES string of the molecule is CN1CC(Cl)c2c1cc(O)c1ncccc21. The third-order valence-electron chi connectivity index (χ3n) is 3.05. The van der Waals surface area contributed by atoms with E-state index in [4.69, 9.17) is 11.6 Å². The smallest absolute Gasteiger partial charge is 0.143 e. The van der Waals surface area contributed by atoms with Crippen molar-refractivity contribution < 1.29 is 5.11 Å². The minimum atomic E-state index is -0.0349. The number of phenols is 1. The number of benzene rings is 1. The van der Waals surface area contributed by atoms with Crippen molar-refractivity contribution in [2.75, 3.05) is 18.5 Å². The summed E-state index contributed by atoms with van der Waals surface area (Å²) < 4.78 is 0. The monoisotopic (exact) mass is 234 g/mol. The Labute approximate surface area is 98.3 Å². The molecule has 1 aliphatic rings. The molecule has 4 heteroatoms. The summed E-state index contributed by atoms with van der Waals surface area (Å²) >= 11 is 6.32. The van der Waals surface area contributed by atoms with Crippen molar-refractivity contribution in [2.45, 2.75) is 5.38 Å². The number of nitrogens with zero attached hydrogens (tertiary/aromatic N) is 2. The predicted octanol–water partition coefficient (Wildman–Crippen LogP) is 2.67. The van der Waals surface area contributed by atoms with Crippen molar-refractivity contribution in [1.82, 2.24) is 4.98 Å². The van der Waals surface area contributed by atoms with E-state index < -0.39 is 0 Å². The number of rotatable bonds is 0. The van der Waals surface area contributed by atoms with Crippen LogP contribution in [0.1, 0.15) is 10.9 Å². The topological polar surface area (TPSA) is 36.4 Å². The van der Waals surface area contributed by atoms with Gasteiger partial charge in [0, 0.05) is 42.5 Å². The highest BCUT2D eigenvalue weighted by molar-refractivity contribution is 6.23. The van der Waals surface area contributed by atoms with Crippen LogP contribution < -0.4 is 4.90 Å². The number of aromatic hydroxyl groups is 1. The van der Waals surface area contributed by atoms with E-state index in [0.29, 0.717) is 5.52 Å². The maximum atomic E-state index is 9.91. The number of aromatic nitrogens is 1. The molecule has 0 radical (unpaired) electrons. The molecular formula is C12H11ClN2O. The highest BCUT2D eigenvalue weighted by atomic mass is 35.5. The molecule has 0 amide bonds. The van der Waals surface area contributed by atoms with Gasteiger partial charge in [0.1, 0.15) is 11.3 Å². The molecule has 0 spiro atoms. The van der Waals surface area contributed by atoms with Crippen LogP contribution in [0.5, 0.6) is 5.75 Å². The minimum Gasteiger partial charge on any atom is -0.506 e. The molecule has 1 aromatic carbocycles. The van der Waals surface area contributed by atoms with E-state index in [1.165, 1.54) is 0 Å². The summed E-state index contributed by atoms with van der Waals surface area (Å²) in [6.45, 7) is 0.768. The van der Waals surface area contributed by atoms with Gasteiger partial charge in [-0.1, -0.05) is 6.07 Å². The fourth-order valence-electron chi connectivity index (χ4n) is 2.32. The average Bonchev–Trinajstić information content (AvgIpc) is 2.55. The van der Waals surface area contributed by atoms with Gasteiger partial charge in [0.15, 0.2) is 0 Å². The second-order valence-electron chi connectivity index (χ2n) is 4.08. The van der Waals surface area contributed by atoms with Gasteiger partial charge in [-0.15, -0.1) is 11.6 Å². The van der Waals surface area contributed by atoms with Gasteiger partial charge in [0.05, 0.1) is 5.38 Å². The largest absolute Gasteiger partial charge is 0.506 e. The molecule has 0 saturated carbocycles. The van der Waals surface area contributed by atoms with E-state index in [1.54, 1.807) is 12.3 Å². The van der Waals surface area contributed by atoms with E-state index in [2.05, 4.69) is 9.88 Å². The molecule has 1 atom stereocenters. The fraction of sp³-hybridized carbons (Fsp3) is 0.250. The van der Waals surface area contributed by atoms with Gasteiger partial charge in [0.25, 0.3) is 0 Å². The molecule has 0 fully saturated rings. The third kappa shape index (κ3) is 1.18. The molecule has 3 nitrogen and oxygen atoms in total. The second-order valence-corrected chi connectivity index (χ2v) is 4.60. The third-order valence-corrected chi connectivity index (χ3v) is 3.40. The molecule has 2 aromatic rings. The van der Waals surface area contributed by atoms with Crippen molar-refractivity contribution in [2.24, 2.45) is 0 Å². The van der Waals surface area contributed by atoms with Gasteiger partial charge in [-0.3, -0.25) is 4.98 Å². The number of pyridine rings is 1. The Bertz CT molecular complexity index is 570. The standard InChI is InChI=1S/C12H11ClN2O/c1-15-6-8(13)11-7-3-2-4-14-12(7)10(16)5-9(11)15/h2-5,8,16H,6H2,1H3. The quantitative estimate of drug-likeness (QED) is 0.712. The Kier molecular flexibility index (Phi) is 1.98. The van der Waals surface area contributed by atoms with Gasteiger partial charge in [0.2, 0.25) is 0 Å². The van der Waals surface area contributed by atoms with Crippen molar-refractivity contribution >= 4 is 28.2 Å².